The van der Waals surface area contributed by atoms with E-state index >= 15 is 0 Å². The Kier molecular flexibility index (Phi) is 1.68. The Balaban J connectivity index is 3.40. The highest BCUT2D eigenvalue weighted by molar-refractivity contribution is 5.30. The first-order chi connectivity index (χ1) is 5.15. The third-order valence-electron chi connectivity index (χ3n) is 1.05. The van der Waals surface area contributed by atoms with Crippen LogP contribution in [0.25, 0.3) is 4.85 Å². The predicted octanol–water partition coefficient (Wildman–Crippen LogP) is 1.04. The molecule has 1 aromatic heterocycles. The summed E-state index contributed by atoms with van der Waals surface area (Å²) in [6.45, 7) is 6.38. The fraction of sp³-hybridized carbons (Fsp3) is 0. The van der Waals surface area contributed by atoms with Gasteiger partial charge < -0.3 is 0 Å². The third kappa shape index (κ3) is 1.24. The van der Waals surface area contributed by atoms with Crippen LogP contribution in [0, 0.1) is 18.2 Å². The lowest BCUT2D eigenvalue weighted by Gasteiger charge is -1.88. The fourth-order valence-electron chi connectivity index (χ4n) is 0.615. The number of hydrogen-bond acceptors (Lipinski definition) is 1. The van der Waals surface area contributed by atoms with Gasteiger partial charge in [-0.05, 0) is 0 Å². The maximum absolute atomic E-state index is 12.5. The van der Waals surface area contributed by atoms with Crippen LogP contribution in [0.3, 0.4) is 0 Å². The molecule has 1 rings (SSSR count). The maximum Gasteiger partial charge on any atom is 0.501 e. The standard InChI is InChI=1S/C6H3F2N2O/c1-9-6-5(8)2-4(7)3-10(6)11/h2-3,11H/q+1. The number of halogens is 2. The minimum Gasteiger partial charge on any atom is -0.296 e. The zero-order chi connectivity index (χ0) is 8.43. The summed E-state index contributed by atoms with van der Waals surface area (Å²) in [7, 11) is 0. The van der Waals surface area contributed by atoms with Gasteiger partial charge in [-0.15, -0.1) is 0 Å². The largest absolute Gasteiger partial charge is 0.501 e. The Morgan fingerprint density at radius 2 is 2.18 bits per heavy atom. The van der Waals surface area contributed by atoms with Crippen LogP contribution in [0.1, 0.15) is 0 Å². The van der Waals surface area contributed by atoms with Crippen molar-refractivity contribution in [1.82, 2.24) is 0 Å². The molecule has 0 aliphatic heterocycles. The van der Waals surface area contributed by atoms with Gasteiger partial charge in [0.05, 0.1) is 0 Å². The molecule has 0 fully saturated rings. The van der Waals surface area contributed by atoms with Crippen molar-refractivity contribution in [2.24, 2.45) is 0 Å². The van der Waals surface area contributed by atoms with Gasteiger partial charge in [0.1, 0.15) is 6.57 Å². The Labute approximate surface area is 60.9 Å². The number of pyridine rings is 1. The van der Waals surface area contributed by atoms with E-state index in [-0.39, 0.29) is 4.73 Å². The summed E-state index contributed by atoms with van der Waals surface area (Å²) in [4.78, 5) is 2.63. The van der Waals surface area contributed by atoms with E-state index in [9.17, 15) is 8.78 Å². The van der Waals surface area contributed by atoms with Crippen molar-refractivity contribution < 1.29 is 18.7 Å². The van der Waals surface area contributed by atoms with Crippen molar-refractivity contribution in [3.05, 3.63) is 35.3 Å². The molecular weight excluding hydrogens is 154 g/mol. The number of aromatic nitrogens is 1. The average molecular weight is 157 g/mol. The Morgan fingerprint density at radius 1 is 1.55 bits per heavy atom. The number of nitrogens with zero attached hydrogens (tertiary/aromatic N) is 2. The van der Waals surface area contributed by atoms with Gasteiger partial charge in [-0.25, -0.2) is 8.78 Å². The Morgan fingerprint density at radius 3 is 2.64 bits per heavy atom. The average Bonchev–Trinajstić information content (AvgIpc) is 1.85. The zero-order valence-electron chi connectivity index (χ0n) is 5.25. The molecule has 0 unspecified atom stereocenters. The van der Waals surface area contributed by atoms with E-state index in [1.807, 2.05) is 0 Å². The van der Waals surface area contributed by atoms with Gasteiger partial charge in [-0.1, -0.05) is 0 Å². The topological polar surface area (TPSA) is 28.5 Å². The molecule has 0 spiro atoms. The van der Waals surface area contributed by atoms with E-state index in [0.717, 1.165) is 0 Å². The monoisotopic (exact) mass is 157 g/mol. The Hall–Kier alpha value is -1.70. The first-order valence-corrected chi connectivity index (χ1v) is 2.62. The molecule has 5 heteroatoms. The summed E-state index contributed by atoms with van der Waals surface area (Å²) in [6, 6.07) is 0.528. The smallest absolute Gasteiger partial charge is 0.296 e. The molecule has 0 bridgehead atoms. The summed E-state index contributed by atoms with van der Waals surface area (Å²) >= 11 is 0. The molecule has 1 heterocycles. The van der Waals surface area contributed by atoms with Crippen LogP contribution in [0.2, 0.25) is 0 Å². The lowest BCUT2D eigenvalue weighted by molar-refractivity contribution is -0.894. The maximum atomic E-state index is 12.5. The molecule has 0 aliphatic carbocycles. The molecule has 0 aromatic carbocycles. The summed E-state index contributed by atoms with van der Waals surface area (Å²) < 4.78 is 24.8. The molecule has 56 valence electrons. The van der Waals surface area contributed by atoms with Crippen molar-refractivity contribution in [3.8, 4) is 0 Å². The molecule has 0 radical (unpaired) electrons. The second-order valence-electron chi connectivity index (χ2n) is 1.79. The molecule has 1 aromatic rings. The van der Waals surface area contributed by atoms with Crippen LogP contribution < -0.4 is 4.73 Å². The lowest BCUT2D eigenvalue weighted by atomic mass is 10.4. The van der Waals surface area contributed by atoms with Gasteiger partial charge in [0, 0.05) is 10.8 Å². The molecular formula is C6H3F2N2O+. The van der Waals surface area contributed by atoms with E-state index in [1.54, 1.807) is 0 Å². The quantitative estimate of drug-likeness (QED) is 0.340. The second-order valence-corrected chi connectivity index (χ2v) is 1.79. The molecule has 0 amide bonds. The highest BCUT2D eigenvalue weighted by Gasteiger charge is 2.18. The minimum absolute atomic E-state index is 0.109. The first kappa shape index (κ1) is 7.41. The van der Waals surface area contributed by atoms with Crippen LogP contribution >= 0.6 is 0 Å². The van der Waals surface area contributed by atoms with Crippen LogP contribution in [-0.2, 0) is 0 Å². The Bertz CT molecular complexity index is 309. The van der Waals surface area contributed by atoms with Gasteiger partial charge in [0.15, 0.2) is 5.82 Å². The van der Waals surface area contributed by atoms with Crippen LogP contribution in [-0.4, -0.2) is 5.21 Å². The van der Waals surface area contributed by atoms with Crippen molar-refractivity contribution in [2.75, 3.05) is 0 Å². The molecule has 0 saturated heterocycles. The highest BCUT2D eigenvalue weighted by atomic mass is 19.1. The van der Waals surface area contributed by atoms with Gasteiger partial charge >= 0.3 is 5.82 Å². The SMILES string of the molecule is [C-]#[N+]c1c(F)cc(F)c[n+]1O. The van der Waals surface area contributed by atoms with E-state index in [2.05, 4.69) is 4.85 Å². The van der Waals surface area contributed by atoms with Crippen LogP contribution in [0.15, 0.2) is 12.3 Å². The molecule has 0 aliphatic rings. The summed E-state index contributed by atoms with van der Waals surface area (Å²) in [5.74, 6) is -2.65. The molecule has 0 atom stereocenters. The zero-order valence-corrected chi connectivity index (χ0v) is 5.25. The number of hydrogen-bond donors (Lipinski definition) is 1. The van der Waals surface area contributed by atoms with E-state index in [4.69, 9.17) is 11.8 Å². The molecule has 1 N–H and O–H groups in total. The van der Waals surface area contributed by atoms with Gasteiger partial charge in [0.2, 0.25) is 12.0 Å². The number of rotatable bonds is 0. The van der Waals surface area contributed by atoms with E-state index in [0.29, 0.717) is 12.3 Å². The normalized spacial score (nSPS) is 9.18. The summed E-state index contributed by atoms with van der Waals surface area (Å²) in [6.07, 6.45) is 0.608. The van der Waals surface area contributed by atoms with E-state index in [1.165, 1.54) is 0 Å². The second kappa shape index (κ2) is 2.50. The van der Waals surface area contributed by atoms with Gasteiger partial charge in [0.25, 0.3) is 0 Å². The third-order valence-corrected chi connectivity index (χ3v) is 1.05. The highest BCUT2D eigenvalue weighted by Crippen LogP contribution is 2.11. The van der Waals surface area contributed by atoms with Crippen molar-refractivity contribution >= 4 is 5.82 Å². The van der Waals surface area contributed by atoms with Gasteiger partial charge in [-0.3, -0.25) is 5.21 Å². The molecule has 0 saturated carbocycles. The van der Waals surface area contributed by atoms with Crippen molar-refractivity contribution in [1.29, 1.82) is 0 Å². The summed E-state index contributed by atoms with van der Waals surface area (Å²) in [5, 5.41) is 8.70. The molecule has 11 heavy (non-hydrogen) atoms. The predicted molar refractivity (Wildman–Crippen MR) is 30.0 cm³/mol. The van der Waals surface area contributed by atoms with Crippen molar-refractivity contribution in [3.63, 3.8) is 0 Å². The van der Waals surface area contributed by atoms with Crippen molar-refractivity contribution in [2.45, 2.75) is 0 Å². The molecule has 3 nitrogen and oxygen atoms in total. The van der Waals surface area contributed by atoms with Crippen LogP contribution in [0.4, 0.5) is 14.6 Å². The summed E-state index contributed by atoms with van der Waals surface area (Å²) in [5.41, 5.74) is 0. The lowest BCUT2D eigenvalue weighted by Crippen LogP contribution is -2.30. The van der Waals surface area contributed by atoms with Crippen LogP contribution in [0.5, 0.6) is 0 Å². The fourth-order valence-corrected chi connectivity index (χ4v) is 0.615. The first-order valence-electron chi connectivity index (χ1n) is 2.62. The van der Waals surface area contributed by atoms with E-state index < -0.39 is 17.5 Å². The minimum atomic E-state index is -1.08. The van der Waals surface area contributed by atoms with Gasteiger partial charge in [-0.2, -0.15) is 4.85 Å².